The molecule has 0 aliphatic heterocycles. The van der Waals surface area contributed by atoms with Crippen LogP contribution in [0.3, 0.4) is 0 Å². The Morgan fingerprint density at radius 3 is 2.71 bits per heavy atom. The molecule has 0 unspecified atom stereocenters. The highest BCUT2D eigenvalue weighted by Gasteiger charge is 2.07. The number of nitrogens with zero attached hydrogens (tertiary/aromatic N) is 2. The van der Waals surface area contributed by atoms with Crippen molar-refractivity contribution in [3.05, 3.63) is 56.8 Å². The van der Waals surface area contributed by atoms with Crippen molar-refractivity contribution in [1.29, 1.82) is 5.26 Å². The van der Waals surface area contributed by atoms with Gasteiger partial charge < -0.3 is 5.84 Å². The summed E-state index contributed by atoms with van der Waals surface area (Å²) in [5.41, 5.74) is 0.912. The van der Waals surface area contributed by atoms with Crippen LogP contribution in [0.25, 0.3) is 11.3 Å². The average Bonchev–Trinajstić information content (AvgIpc) is 2.32. The fourth-order valence-corrected chi connectivity index (χ4v) is 1.92. The molecule has 2 aromatic rings. The zero-order chi connectivity index (χ0) is 12.4. The molecule has 0 saturated heterocycles. The maximum absolute atomic E-state index is 11.7. The van der Waals surface area contributed by atoms with Gasteiger partial charge in [-0.05, 0) is 24.3 Å². The van der Waals surface area contributed by atoms with Crippen LogP contribution < -0.4 is 11.4 Å². The second-order valence-corrected chi connectivity index (χ2v) is 4.35. The zero-order valence-corrected chi connectivity index (χ0v) is 10.3. The van der Waals surface area contributed by atoms with Gasteiger partial charge in [-0.2, -0.15) is 5.26 Å². The third-order valence-corrected chi connectivity index (χ3v) is 2.85. The molecule has 0 aliphatic rings. The Balaban J connectivity index is 2.67. The lowest BCUT2D eigenvalue weighted by atomic mass is 10.1. The normalized spacial score (nSPS) is 9.88. The molecule has 4 nitrogen and oxygen atoms in total. The summed E-state index contributed by atoms with van der Waals surface area (Å²) in [5.74, 6) is 5.68. The fraction of sp³-hybridized carbons (Fsp3) is 0. The molecule has 0 atom stereocenters. The van der Waals surface area contributed by atoms with Gasteiger partial charge >= 0.3 is 0 Å². The molecule has 0 bridgehead atoms. The summed E-state index contributed by atoms with van der Waals surface area (Å²) in [6.45, 7) is 0. The Hall–Kier alpha value is -2.06. The van der Waals surface area contributed by atoms with E-state index in [1.807, 2.05) is 24.3 Å². The molecule has 0 fully saturated rings. The molecule has 1 aromatic heterocycles. The summed E-state index contributed by atoms with van der Waals surface area (Å²) in [6, 6.07) is 12.4. The minimum absolute atomic E-state index is 0.0336. The van der Waals surface area contributed by atoms with E-state index < -0.39 is 5.56 Å². The van der Waals surface area contributed by atoms with Crippen LogP contribution in [0.5, 0.6) is 0 Å². The van der Waals surface area contributed by atoms with Crippen LogP contribution in [0.1, 0.15) is 5.56 Å². The predicted octanol–water partition coefficient (Wildman–Crippen LogP) is 1.86. The van der Waals surface area contributed by atoms with Crippen molar-refractivity contribution in [3.8, 4) is 17.3 Å². The largest absolute Gasteiger partial charge is 0.336 e. The molecule has 1 aromatic carbocycles. The summed E-state index contributed by atoms with van der Waals surface area (Å²) < 4.78 is 1.88. The van der Waals surface area contributed by atoms with Gasteiger partial charge in [0.25, 0.3) is 5.56 Å². The smallest absolute Gasteiger partial charge is 0.287 e. The molecule has 5 heteroatoms. The van der Waals surface area contributed by atoms with Gasteiger partial charge in [0.2, 0.25) is 0 Å². The fourth-order valence-electron chi connectivity index (χ4n) is 1.52. The van der Waals surface area contributed by atoms with Crippen LogP contribution in [0, 0.1) is 11.3 Å². The van der Waals surface area contributed by atoms with Crippen molar-refractivity contribution in [2.75, 3.05) is 5.84 Å². The molecule has 1 heterocycles. The summed E-state index contributed by atoms with van der Waals surface area (Å²) in [5, 5.41) is 8.72. The first-order valence-electron chi connectivity index (χ1n) is 4.80. The lowest BCUT2D eigenvalue weighted by Gasteiger charge is -2.08. The molecule has 17 heavy (non-hydrogen) atoms. The zero-order valence-electron chi connectivity index (χ0n) is 8.72. The van der Waals surface area contributed by atoms with Crippen LogP contribution in [-0.2, 0) is 0 Å². The Morgan fingerprint density at radius 1 is 1.29 bits per heavy atom. The Bertz CT molecular complexity index is 670. The van der Waals surface area contributed by atoms with Crippen LogP contribution in [0.2, 0.25) is 0 Å². The highest BCUT2D eigenvalue weighted by Crippen LogP contribution is 2.21. The number of nitrogen functional groups attached to an aromatic ring is 1. The van der Waals surface area contributed by atoms with E-state index in [2.05, 4.69) is 15.9 Å². The predicted molar refractivity (Wildman–Crippen MR) is 68.7 cm³/mol. The van der Waals surface area contributed by atoms with E-state index in [-0.39, 0.29) is 5.56 Å². The Labute approximate surface area is 106 Å². The number of halogens is 1. The molecule has 0 spiro atoms. The SMILES string of the molecule is N#Cc1ccc(-c2cccc(Br)c2)n(N)c1=O. The number of benzene rings is 1. The summed E-state index contributed by atoms with van der Waals surface area (Å²) in [7, 11) is 0. The third kappa shape index (κ3) is 2.08. The van der Waals surface area contributed by atoms with Crippen molar-refractivity contribution in [2.24, 2.45) is 0 Å². The highest BCUT2D eigenvalue weighted by molar-refractivity contribution is 9.10. The van der Waals surface area contributed by atoms with Crippen LogP contribution in [0.15, 0.2) is 45.7 Å². The number of rotatable bonds is 1. The second kappa shape index (κ2) is 4.44. The number of nitriles is 1. The number of pyridine rings is 1. The van der Waals surface area contributed by atoms with Crippen LogP contribution in [0.4, 0.5) is 0 Å². The van der Waals surface area contributed by atoms with Crippen molar-refractivity contribution in [3.63, 3.8) is 0 Å². The number of aromatic nitrogens is 1. The molecule has 2 rings (SSSR count). The topological polar surface area (TPSA) is 71.8 Å². The highest BCUT2D eigenvalue weighted by atomic mass is 79.9. The first-order chi connectivity index (χ1) is 8.13. The average molecular weight is 290 g/mol. The van der Waals surface area contributed by atoms with Crippen molar-refractivity contribution >= 4 is 15.9 Å². The van der Waals surface area contributed by atoms with E-state index in [1.54, 1.807) is 12.1 Å². The van der Waals surface area contributed by atoms with Gasteiger partial charge in [0.15, 0.2) is 0 Å². The summed E-state index contributed by atoms with van der Waals surface area (Å²) in [4.78, 5) is 11.7. The maximum atomic E-state index is 11.7. The molecule has 0 amide bonds. The van der Waals surface area contributed by atoms with E-state index in [0.717, 1.165) is 14.7 Å². The maximum Gasteiger partial charge on any atom is 0.287 e. The standard InChI is InChI=1S/C12H8BrN3O/c13-10-3-1-2-8(6-10)11-5-4-9(7-14)12(17)16(11)15/h1-6H,15H2. The first-order valence-corrected chi connectivity index (χ1v) is 5.60. The van der Waals surface area contributed by atoms with Crippen molar-refractivity contribution < 1.29 is 0 Å². The van der Waals surface area contributed by atoms with E-state index in [9.17, 15) is 4.79 Å². The van der Waals surface area contributed by atoms with Gasteiger partial charge in [-0.3, -0.25) is 4.79 Å². The van der Waals surface area contributed by atoms with Crippen LogP contribution in [-0.4, -0.2) is 4.68 Å². The Morgan fingerprint density at radius 2 is 2.06 bits per heavy atom. The lowest BCUT2D eigenvalue weighted by Crippen LogP contribution is -2.30. The third-order valence-electron chi connectivity index (χ3n) is 2.36. The quantitative estimate of drug-likeness (QED) is 0.815. The minimum atomic E-state index is -0.495. The molecular formula is C12H8BrN3O. The Kier molecular flexibility index (Phi) is 2.98. The summed E-state index contributed by atoms with van der Waals surface area (Å²) in [6.07, 6.45) is 0. The van der Waals surface area contributed by atoms with Crippen molar-refractivity contribution in [1.82, 2.24) is 4.68 Å². The van der Waals surface area contributed by atoms with E-state index in [4.69, 9.17) is 11.1 Å². The van der Waals surface area contributed by atoms with Crippen LogP contribution >= 0.6 is 15.9 Å². The van der Waals surface area contributed by atoms with Crippen molar-refractivity contribution in [2.45, 2.75) is 0 Å². The van der Waals surface area contributed by atoms with Gasteiger partial charge in [0.1, 0.15) is 11.6 Å². The van der Waals surface area contributed by atoms with E-state index >= 15 is 0 Å². The minimum Gasteiger partial charge on any atom is -0.336 e. The van der Waals surface area contributed by atoms with Gasteiger partial charge in [-0.1, -0.05) is 28.1 Å². The molecule has 0 radical (unpaired) electrons. The van der Waals surface area contributed by atoms with Gasteiger partial charge in [0, 0.05) is 10.0 Å². The molecule has 2 N–H and O–H groups in total. The van der Waals surface area contributed by atoms with E-state index in [1.165, 1.54) is 6.07 Å². The second-order valence-electron chi connectivity index (χ2n) is 3.43. The first kappa shape index (κ1) is 11.4. The monoisotopic (exact) mass is 289 g/mol. The molecule has 84 valence electrons. The molecular weight excluding hydrogens is 282 g/mol. The summed E-state index contributed by atoms with van der Waals surface area (Å²) >= 11 is 3.35. The molecule has 0 saturated carbocycles. The van der Waals surface area contributed by atoms with E-state index in [0.29, 0.717) is 5.69 Å². The van der Waals surface area contributed by atoms with Gasteiger partial charge in [-0.15, -0.1) is 0 Å². The number of nitrogens with two attached hydrogens (primary N) is 1. The lowest BCUT2D eigenvalue weighted by molar-refractivity contribution is 0.940. The molecule has 0 aliphatic carbocycles. The van der Waals surface area contributed by atoms with Gasteiger partial charge in [0.05, 0.1) is 5.69 Å². The van der Waals surface area contributed by atoms with Gasteiger partial charge in [-0.25, -0.2) is 4.68 Å². The number of hydrogen-bond donors (Lipinski definition) is 1. The number of hydrogen-bond acceptors (Lipinski definition) is 3.